The molecule has 0 aliphatic rings. The molecule has 0 amide bonds. The average molecular weight is 547 g/mol. The van der Waals surface area contributed by atoms with Crippen LogP contribution in [0.5, 0.6) is 0 Å². The van der Waals surface area contributed by atoms with Gasteiger partial charge < -0.3 is 0 Å². The van der Waals surface area contributed by atoms with Gasteiger partial charge in [0, 0.05) is 0 Å². The second kappa shape index (κ2) is 9.91. The zero-order valence-electron chi connectivity index (χ0n) is 17.2. The van der Waals surface area contributed by atoms with Crippen molar-refractivity contribution in [2.24, 2.45) is 0 Å². The Kier molecular flexibility index (Phi) is 8.31. The van der Waals surface area contributed by atoms with Gasteiger partial charge in [-0.2, -0.15) is 0 Å². The molecule has 0 aliphatic heterocycles. The van der Waals surface area contributed by atoms with Crippen LogP contribution in [0.25, 0.3) is 0 Å². The molecule has 2 aromatic carbocycles. The summed E-state index contributed by atoms with van der Waals surface area (Å²) in [4.78, 5) is 0.0143. The molecule has 0 unspecified atom stereocenters. The number of hydrogen-bond donors (Lipinski definition) is 0. The monoisotopic (exact) mass is 548 g/mol. The van der Waals surface area contributed by atoms with Crippen molar-refractivity contribution >= 4 is 39.4 Å². The summed E-state index contributed by atoms with van der Waals surface area (Å²) in [6, 6.07) is 12.6. The molecule has 160 valence electrons. The van der Waals surface area contributed by atoms with Gasteiger partial charge >= 0.3 is 180 Å². The van der Waals surface area contributed by atoms with E-state index in [9.17, 15) is 16.8 Å². The zero-order valence-corrected chi connectivity index (χ0v) is 21.7. The Morgan fingerprint density at radius 2 is 0.966 bits per heavy atom. The predicted octanol–water partition coefficient (Wildman–Crippen LogP) is 4.68. The molecule has 0 spiro atoms. The Balaban J connectivity index is 2.44. The van der Waals surface area contributed by atoms with Gasteiger partial charge in [0.1, 0.15) is 0 Å². The second-order valence-corrected chi connectivity index (χ2v) is 21.1. The van der Waals surface area contributed by atoms with Gasteiger partial charge in [-0.3, -0.25) is 0 Å². The van der Waals surface area contributed by atoms with Crippen LogP contribution in [0.2, 0.25) is 8.87 Å². The fraction of sp³-hybridized carbons (Fsp3) is 0.400. The molecule has 0 saturated carbocycles. The molecule has 9 heteroatoms. The molecule has 0 saturated heterocycles. The first-order chi connectivity index (χ1) is 13.5. The van der Waals surface area contributed by atoms with Crippen molar-refractivity contribution in [2.75, 3.05) is 0 Å². The molecule has 0 bridgehead atoms. The number of rotatable bonds is 10. The van der Waals surface area contributed by atoms with Gasteiger partial charge in [0.2, 0.25) is 0 Å². The summed E-state index contributed by atoms with van der Waals surface area (Å²) in [5.41, 5.74) is 1.83. The van der Waals surface area contributed by atoms with Crippen molar-refractivity contribution in [3.63, 3.8) is 0 Å². The van der Waals surface area contributed by atoms with Gasteiger partial charge in [0.15, 0.2) is 0 Å². The minimum atomic E-state index is -4.57. The van der Waals surface area contributed by atoms with Crippen LogP contribution in [-0.2, 0) is 25.3 Å². The van der Waals surface area contributed by atoms with E-state index in [1.807, 2.05) is 27.7 Å². The van der Waals surface area contributed by atoms with Crippen molar-refractivity contribution in [1.82, 2.24) is 0 Å². The van der Waals surface area contributed by atoms with E-state index in [2.05, 4.69) is 0 Å². The number of benzene rings is 2. The van der Waals surface area contributed by atoms with Crippen molar-refractivity contribution < 1.29 is 21.9 Å². The van der Waals surface area contributed by atoms with Gasteiger partial charge in [-0.25, -0.2) is 0 Å². The summed E-state index contributed by atoms with van der Waals surface area (Å²) >= 11 is -4.57. The van der Waals surface area contributed by atoms with Crippen LogP contribution in [-0.4, -0.2) is 36.0 Å². The third kappa shape index (κ3) is 6.52. The minimum absolute atomic E-state index is 0.00714. The van der Waals surface area contributed by atoms with E-state index in [0.29, 0.717) is 21.7 Å². The van der Waals surface area contributed by atoms with Gasteiger partial charge in [-0.1, -0.05) is 0 Å². The summed E-state index contributed by atoms with van der Waals surface area (Å²) in [6.07, 6.45) is 1.14. The van der Waals surface area contributed by atoms with E-state index in [1.54, 1.807) is 24.3 Å². The zero-order chi connectivity index (χ0) is 21.7. The molecular weight excluding hydrogens is 519 g/mol. The molecule has 2 rings (SSSR count). The molecule has 0 aromatic heterocycles. The summed E-state index contributed by atoms with van der Waals surface area (Å²) in [5, 5.41) is 0. The molecule has 6 nitrogen and oxygen atoms in total. The van der Waals surface area contributed by atoms with E-state index in [4.69, 9.17) is 5.04 Å². The molecule has 0 atom stereocenters. The summed E-state index contributed by atoms with van der Waals surface area (Å²) in [7, 11) is -8.27. The molecule has 0 aliphatic carbocycles. The first-order valence-electron chi connectivity index (χ1n) is 9.58. The van der Waals surface area contributed by atoms with Crippen LogP contribution in [0.4, 0.5) is 0 Å². The van der Waals surface area contributed by atoms with Gasteiger partial charge in [-0.05, 0) is 0 Å². The van der Waals surface area contributed by atoms with Crippen LogP contribution >= 0.6 is 0 Å². The first kappa shape index (κ1) is 24.3. The van der Waals surface area contributed by atoms with Crippen LogP contribution < -0.4 is 0 Å². The van der Waals surface area contributed by atoms with Gasteiger partial charge in [-0.15, -0.1) is 0 Å². The van der Waals surface area contributed by atoms with Gasteiger partial charge in [0.05, 0.1) is 0 Å². The Labute approximate surface area is 179 Å². The molecule has 0 N–H and O–H groups in total. The third-order valence-corrected chi connectivity index (χ3v) is 23.3. The molecule has 0 radical (unpaired) electrons. The SMILES string of the molecule is CC[CH2][Sn]([CH2]CC)([O]S(=O)(=O)c1ccc(C)cc1)[O]S(=O)(=O)c1ccc(C)cc1. The maximum absolute atomic E-state index is 12.9. The fourth-order valence-electron chi connectivity index (χ4n) is 2.97. The van der Waals surface area contributed by atoms with Crippen molar-refractivity contribution in [3.8, 4) is 0 Å². The normalized spacial score (nSPS) is 12.8. The Hall–Kier alpha value is -0.941. The average Bonchev–Trinajstić information content (AvgIpc) is 2.62. The molecule has 0 fully saturated rings. The van der Waals surface area contributed by atoms with E-state index >= 15 is 0 Å². The summed E-state index contributed by atoms with van der Waals surface area (Å²) in [6.45, 7) is 7.44. The maximum atomic E-state index is 12.9. The van der Waals surface area contributed by atoms with Crippen LogP contribution in [0.15, 0.2) is 58.3 Å². The number of hydrogen-bond acceptors (Lipinski definition) is 6. The Bertz CT molecular complexity index is 928. The summed E-state index contributed by atoms with van der Waals surface area (Å²) < 4.78 is 63.7. The summed E-state index contributed by atoms with van der Waals surface area (Å²) in [5.74, 6) is 0. The molecule has 2 aromatic rings. The van der Waals surface area contributed by atoms with Crippen LogP contribution in [0.1, 0.15) is 37.8 Å². The quantitative estimate of drug-likeness (QED) is 0.402. The van der Waals surface area contributed by atoms with E-state index < -0.39 is 39.4 Å². The fourth-order valence-corrected chi connectivity index (χ4v) is 22.5. The first-order valence-corrected chi connectivity index (χ1v) is 18.8. The van der Waals surface area contributed by atoms with Gasteiger partial charge in [0.25, 0.3) is 0 Å². The molecule has 29 heavy (non-hydrogen) atoms. The van der Waals surface area contributed by atoms with Crippen molar-refractivity contribution in [1.29, 1.82) is 0 Å². The Morgan fingerprint density at radius 1 is 0.655 bits per heavy atom. The number of aryl methyl sites for hydroxylation is 2. The second-order valence-electron chi connectivity index (χ2n) is 7.11. The Morgan fingerprint density at radius 3 is 1.24 bits per heavy atom. The molecular formula is C20H28O6S2Sn. The van der Waals surface area contributed by atoms with Crippen LogP contribution in [0.3, 0.4) is 0 Å². The van der Waals surface area contributed by atoms with E-state index in [1.165, 1.54) is 24.3 Å². The predicted molar refractivity (Wildman–Crippen MR) is 115 cm³/mol. The molecule has 0 heterocycles. The van der Waals surface area contributed by atoms with Crippen LogP contribution in [0, 0.1) is 13.8 Å². The third-order valence-electron chi connectivity index (χ3n) is 4.40. The standard InChI is InChI=1S/2C7H8O3S.2C3H7.Sn/c2*1-6-2-4-7(5-3-6)11(8,9)10;2*1-3-2;/h2*2-5H,1H3,(H,8,9,10);2*1,3H2,2H3;/q;;;;+2/p-2. The van der Waals surface area contributed by atoms with Crippen molar-refractivity contribution in [3.05, 3.63) is 59.7 Å². The van der Waals surface area contributed by atoms with Crippen molar-refractivity contribution in [2.45, 2.75) is 59.2 Å². The topological polar surface area (TPSA) is 86.7 Å². The van der Waals surface area contributed by atoms with E-state index in [-0.39, 0.29) is 9.79 Å². The van der Waals surface area contributed by atoms with E-state index in [0.717, 1.165) is 11.1 Å².